The molecule has 0 aromatic rings. The maximum Gasteiger partial charge on any atom is 0.309 e. The minimum Gasteiger partial charge on any atom is -0.347 e. The van der Waals surface area contributed by atoms with E-state index in [9.17, 15) is 4.79 Å². The molecule has 35 valence electrons. The number of rotatable bonds is 3. The Kier molecular flexibility index (Phi) is 4.57. The topological polar surface area (TPSA) is 29.1 Å². The smallest absolute Gasteiger partial charge is 0.309 e. The maximum absolute atomic E-state index is 9.27. The summed E-state index contributed by atoms with van der Waals surface area (Å²) < 4.78 is 0. The Morgan fingerprint density at radius 3 is 2.67 bits per heavy atom. The number of nitrogens with one attached hydrogen (secondary N) is 1. The van der Waals surface area contributed by atoms with Crippen LogP contribution in [-0.4, -0.2) is 18.8 Å². The average molecular weight is 107 g/mol. The second-order valence-electron chi connectivity index (χ2n) is 0.718. The van der Waals surface area contributed by atoms with E-state index in [1.165, 1.54) is 6.41 Å². The molecule has 3 heteroatoms. The second kappa shape index (κ2) is 4.76. The zero-order valence-corrected chi connectivity index (χ0v) is 3.96. The van der Waals surface area contributed by atoms with Crippen LogP contribution in [0, 0.1) is 0 Å². The monoisotopic (exact) mass is 106 g/mol. The Labute approximate surface area is 41.5 Å². The first kappa shape index (κ1) is 5.76. The standard InChI is InChI=1S/C3H5ClNO/c4-1-2-5-3-6/h1-2H2,(H,5,6). The predicted molar refractivity (Wildman–Crippen MR) is 24.4 cm³/mol. The van der Waals surface area contributed by atoms with Crippen LogP contribution in [0.1, 0.15) is 0 Å². The molecule has 0 atom stereocenters. The molecule has 6 heavy (non-hydrogen) atoms. The van der Waals surface area contributed by atoms with Crippen LogP contribution in [0.5, 0.6) is 0 Å². The van der Waals surface area contributed by atoms with E-state index in [2.05, 4.69) is 5.32 Å². The van der Waals surface area contributed by atoms with Crippen LogP contribution in [0.2, 0.25) is 0 Å². The van der Waals surface area contributed by atoms with Gasteiger partial charge in [0.15, 0.2) is 0 Å². The van der Waals surface area contributed by atoms with E-state index in [0.29, 0.717) is 12.4 Å². The van der Waals surface area contributed by atoms with E-state index in [-0.39, 0.29) is 0 Å². The molecule has 0 aromatic carbocycles. The molecule has 0 aliphatic rings. The third kappa shape index (κ3) is 3.76. The van der Waals surface area contributed by atoms with Crippen molar-refractivity contribution < 1.29 is 4.79 Å². The molecule has 0 aliphatic heterocycles. The summed E-state index contributed by atoms with van der Waals surface area (Å²) in [4.78, 5) is 9.27. The molecule has 0 saturated heterocycles. The highest BCUT2D eigenvalue weighted by Crippen LogP contribution is 1.64. The fourth-order valence-corrected chi connectivity index (χ4v) is 0.193. The lowest BCUT2D eigenvalue weighted by atomic mass is 10.8. The zero-order chi connectivity index (χ0) is 4.83. The lowest BCUT2D eigenvalue weighted by molar-refractivity contribution is 0.544. The molecule has 1 N–H and O–H groups in total. The highest BCUT2D eigenvalue weighted by Gasteiger charge is 1.73. The minimum absolute atomic E-state index is 0.454. The Balaban J connectivity index is 2.49. The average Bonchev–Trinajstić information content (AvgIpc) is 1.61. The number of alkyl halides is 1. The fourth-order valence-electron chi connectivity index (χ4n) is 0.0983. The van der Waals surface area contributed by atoms with Crippen LogP contribution in [0.4, 0.5) is 0 Å². The van der Waals surface area contributed by atoms with Gasteiger partial charge >= 0.3 is 6.41 Å². The molecule has 0 aromatic heterocycles. The molecule has 2 nitrogen and oxygen atoms in total. The third-order valence-corrected chi connectivity index (χ3v) is 0.481. The number of hydrogen-bond acceptors (Lipinski definition) is 1. The first-order valence-corrected chi connectivity index (χ1v) is 2.11. The predicted octanol–water partition coefficient (Wildman–Crippen LogP) is -0.118. The quantitative estimate of drug-likeness (QED) is 0.303. The lowest BCUT2D eigenvalue weighted by Gasteiger charge is -1.83. The summed E-state index contributed by atoms with van der Waals surface area (Å²) in [5, 5.41) is 2.26. The highest BCUT2D eigenvalue weighted by atomic mass is 35.5. The molecule has 0 unspecified atom stereocenters. The molecule has 0 saturated carbocycles. The molecule has 0 fully saturated rings. The highest BCUT2D eigenvalue weighted by molar-refractivity contribution is 6.18. The van der Waals surface area contributed by atoms with Crippen molar-refractivity contribution in [2.45, 2.75) is 0 Å². The summed E-state index contributed by atoms with van der Waals surface area (Å²) in [6, 6.07) is 0. The Morgan fingerprint density at radius 1 is 1.83 bits per heavy atom. The maximum atomic E-state index is 9.27. The molecule has 1 amide bonds. The molecule has 0 spiro atoms. The van der Waals surface area contributed by atoms with Crippen molar-refractivity contribution in [3.05, 3.63) is 0 Å². The number of amides is 1. The zero-order valence-electron chi connectivity index (χ0n) is 3.20. The van der Waals surface area contributed by atoms with Crippen molar-refractivity contribution in [3.8, 4) is 0 Å². The molecule has 0 rings (SSSR count). The van der Waals surface area contributed by atoms with E-state index < -0.39 is 0 Å². The van der Waals surface area contributed by atoms with E-state index >= 15 is 0 Å². The van der Waals surface area contributed by atoms with Crippen molar-refractivity contribution in [1.82, 2.24) is 5.32 Å². The van der Waals surface area contributed by atoms with Crippen LogP contribution in [-0.2, 0) is 4.79 Å². The van der Waals surface area contributed by atoms with Gasteiger partial charge in [-0.15, -0.1) is 11.6 Å². The third-order valence-electron chi connectivity index (χ3n) is 0.292. The largest absolute Gasteiger partial charge is 0.347 e. The van der Waals surface area contributed by atoms with Gasteiger partial charge in [-0.25, -0.2) is 0 Å². The molecular formula is C3H5ClNO. The van der Waals surface area contributed by atoms with Gasteiger partial charge in [0, 0.05) is 12.4 Å². The van der Waals surface area contributed by atoms with Gasteiger partial charge in [-0.1, -0.05) is 0 Å². The SMILES string of the molecule is O=[C]NCCCl. The van der Waals surface area contributed by atoms with Crippen LogP contribution in [0.15, 0.2) is 0 Å². The number of halogens is 1. The van der Waals surface area contributed by atoms with Crippen LogP contribution in [0.25, 0.3) is 0 Å². The van der Waals surface area contributed by atoms with E-state index in [0.717, 1.165) is 0 Å². The van der Waals surface area contributed by atoms with Gasteiger partial charge in [-0.2, -0.15) is 0 Å². The van der Waals surface area contributed by atoms with Gasteiger partial charge in [0.25, 0.3) is 0 Å². The summed E-state index contributed by atoms with van der Waals surface area (Å²) in [6.45, 7) is 0.505. The Hall–Kier alpha value is -0.240. The van der Waals surface area contributed by atoms with Gasteiger partial charge in [0.2, 0.25) is 0 Å². The first-order valence-electron chi connectivity index (χ1n) is 1.57. The van der Waals surface area contributed by atoms with Crippen molar-refractivity contribution >= 4 is 18.0 Å². The van der Waals surface area contributed by atoms with Crippen molar-refractivity contribution in [3.63, 3.8) is 0 Å². The minimum atomic E-state index is 0.454. The molecule has 0 bridgehead atoms. The number of carbonyl (C=O) groups excluding carboxylic acids is 1. The summed E-state index contributed by atoms with van der Waals surface area (Å²) in [5.41, 5.74) is 0. The van der Waals surface area contributed by atoms with E-state index in [1.54, 1.807) is 0 Å². The molecule has 0 heterocycles. The van der Waals surface area contributed by atoms with Crippen molar-refractivity contribution in [2.75, 3.05) is 12.4 Å². The normalized spacial score (nSPS) is 7.50. The summed E-state index contributed by atoms with van der Waals surface area (Å²) >= 11 is 5.14. The Morgan fingerprint density at radius 2 is 2.50 bits per heavy atom. The fraction of sp³-hybridized carbons (Fsp3) is 0.667. The Bertz CT molecular complexity index is 39.8. The van der Waals surface area contributed by atoms with Gasteiger partial charge in [-0.05, 0) is 0 Å². The van der Waals surface area contributed by atoms with Crippen molar-refractivity contribution in [1.29, 1.82) is 0 Å². The number of hydrogen-bond donors (Lipinski definition) is 1. The van der Waals surface area contributed by atoms with Crippen LogP contribution >= 0.6 is 11.6 Å². The van der Waals surface area contributed by atoms with Gasteiger partial charge in [0.1, 0.15) is 0 Å². The van der Waals surface area contributed by atoms with Gasteiger partial charge in [0.05, 0.1) is 0 Å². The molecule has 1 radical (unpaired) electrons. The second-order valence-corrected chi connectivity index (χ2v) is 1.10. The molecule has 0 aliphatic carbocycles. The van der Waals surface area contributed by atoms with Gasteiger partial charge in [-0.3, -0.25) is 4.79 Å². The summed E-state index contributed by atoms with van der Waals surface area (Å²) in [7, 11) is 0. The van der Waals surface area contributed by atoms with Gasteiger partial charge < -0.3 is 5.32 Å². The van der Waals surface area contributed by atoms with Crippen LogP contribution in [0.3, 0.4) is 0 Å². The lowest BCUT2D eigenvalue weighted by Crippen LogP contribution is -2.12. The first-order chi connectivity index (χ1) is 2.91. The summed E-state index contributed by atoms with van der Waals surface area (Å²) in [5.74, 6) is 0.454. The van der Waals surface area contributed by atoms with Crippen LogP contribution < -0.4 is 5.32 Å². The van der Waals surface area contributed by atoms with E-state index in [1.807, 2.05) is 0 Å². The van der Waals surface area contributed by atoms with Crippen molar-refractivity contribution in [2.24, 2.45) is 0 Å². The van der Waals surface area contributed by atoms with E-state index in [4.69, 9.17) is 11.6 Å². The molecular weight excluding hydrogens is 101 g/mol. The summed E-state index contributed by atoms with van der Waals surface area (Å²) in [6.07, 6.45) is 1.48.